The van der Waals surface area contributed by atoms with Crippen LogP contribution in [0.5, 0.6) is 11.5 Å². The average Bonchev–Trinajstić information content (AvgIpc) is 3.12. The summed E-state index contributed by atoms with van der Waals surface area (Å²) in [4.78, 5) is 15.5. The molecule has 0 saturated heterocycles. The van der Waals surface area contributed by atoms with Crippen LogP contribution >= 0.6 is 0 Å². The normalized spacial score (nSPS) is 18.4. The lowest BCUT2D eigenvalue weighted by atomic mass is 9.88. The summed E-state index contributed by atoms with van der Waals surface area (Å²) in [6, 6.07) is 26.2. The number of carbonyl (C=O) groups excluding carboxylic acids is 1. The van der Waals surface area contributed by atoms with Gasteiger partial charge in [-0.25, -0.2) is 12.8 Å². The van der Waals surface area contributed by atoms with Gasteiger partial charge in [0.05, 0.1) is 22.8 Å². The van der Waals surface area contributed by atoms with E-state index in [9.17, 15) is 18.3 Å². The molecule has 1 unspecified atom stereocenters. The van der Waals surface area contributed by atoms with E-state index in [1.54, 1.807) is 30.3 Å². The molecule has 1 atom stereocenters. The number of allylic oxidation sites excluding steroid dienone is 1. The van der Waals surface area contributed by atoms with Crippen LogP contribution in [0.2, 0.25) is 0 Å². The lowest BCUT2D eigenvalue weighted by molar-refractivity contribution is -0.118. The number of phenolic OH excluding ortho intramolecular Hbond substituents is 1. The molecular formula is C35H33FN2O5S. The number of nitrogens with one attached hydrogen (secondary N) is 1. The molecule has 2 N–H and O–H groups in total. The minimum Gasteiger partial charge on any atom is -0.506 e. The number of para-hydroxylation sites is 1. The Morgan fingerprint density at radius 2 is 1.66 bits per heavy atom. The van der Waals surface area contributed by atoms with Crippen LogP contribution in [0.25, 0.3) is 0 Å². The van der Waals surface area contributed by atoms with Crippen LogP contribution in [-0.2, 0) is 27.7 Å². The second-order valence-corrected chi connectivity index (χ2v) is 14.0. The summed E-state index contributed by atoms with van der Waals surface area (Å²) in [5.41, 5.74) is 1.76. The van der Waals surface area contributed by atoms with Crippen LogP contribution in [-0.4, -0.2) is 25.2 Å². The molecule has 4 aromatic rings. The molecular weight excluding hydrogens is 579 g/mol. The summed E-state index contributed by atoms with van der Waals surface area (Å²) in [6.45, 7) is 3.92. The van der Waals surface area contributed by atoms with Crippen molar-refractivity contribution in [3.8, 4) is 11.5 Å². The summed E-state index contributed by atoms with van der Waals surface area (Å²) in [6.07, 6.45) is 0.243. The van der Waals surface area contributed by atoms with E-state index in [0.717, 1.165) is 5.56 Å². The second kappa shape index (κ2) is 11.5. The fourth-order valence-corrected chi connectivity index (χ4v) is 8.43. The number of ether oxygens (including phenoxy) is 1. The Hall–Kier alpha value is -4.63. The fraction of sp³-hybridized carbons (Fsp3) is 0.229. The molecule has 6 rings (SSSR count). The zero-order chi connectivity index (χ0) is 31.1. The fourth-order valence-electron chi connectivity index (χ4n) is 6.08. The Bertz CT molecular complexity index is 1860. The number of amides is 1. The van der Waals surface area contributed by atoms with Crippen molar-refractivity contribution in [1.29, 1.82) is 0 Å². The third kappa shape index (κ3) is 5.79. The van der Waals surface area contributed by atoms with Gasteiger partial charge in [-0.05, 0) is 47.2 Å². The quantitative estimate of drug-likeness (QED) is 0.230. The van der Waals surface area contributed by atoms with Gasteiger partial charge in [0, 0.05) is 17.3 Å². The van der Waals surface area contributed by atoms with Crippen LogP contribution in [0.1, 0.15) is 43.0 Å². The van der Waals surface area contributed by atoms with E-state index >= 15 is 4.39 Å². The molecule has 7 nitrogen and oxygen atoms in total. The van der Waals surface area contributed by atoms with Crippen LogP contribution < -0.4 is 15.0 Å². The Morgan fingerprint density at radius 3 is 2.34 bits per heavy atom. The highest BCUT2D eigenvalue weighted by molar-refractivity contribution is 7.95. The number of nitrogens with zero attached hydrogens (tertiary/aromatic N) is 1. The first-order valence-electron chi connectivity index (χ1n) is 14.4. The van der Waals surface area contributed by atoms with E-state index in [4.69, 9.17) is 4.74 Å². The van der Waals surface area contributed by atoms with E-state index in [2.05, 4.69) is 5.32 Å². The maximum absolute atomic E-state index is 16.3. The number of fused-ring (bicyclic) bond motifs is 1. The zero-order valence-corrected chi connectivity index (χ0v) is 25.3. The number of phenols is 1. The SMILES string of the molecule is CC1(C)CC2=C(C(c3ccc(OCc4ccccc4)cc3F)N(C(=O)Cc3ccccc3)c3cccc(O)c3N2)S(=O)(=O)C1. The topological polar surface area (TPSA) is 95.9 Å². The maximum atomic E-state index is 16.3. The maximum Gasteiger partial charge on any atom is 0.232 e. The smallest absolute Gasteiger partial charge is 0.232 e. The van der Waals surface area contributed by atoms with Crippen molar-refractivity contribution in [2.24, 2.45) is 5.41 Å². The number of benzene rings is 4. The molecule has 1 amide bonds. The molecule has 4 aromatic carbocycles. The second-order valence-electron chi connectivity index (χ2n) is 12.0. The number of rotatable bonds is 6. The van der Waals surface area contributed by atoms with E-state index in [1.165, 1.54) is 23.1 Å². The lowest BCUT2D eigenvalue weighted by Crippen LogP contribution is -2.42. The van der Waals surface area contributed by atoms with Crippen molar-refractivity contribution in [1.82, 2.24) is 0 Å². The Balaban J connectivity index is 1.52. The molecule has 226 valence electrons. The van der Waals surface area contributed by atoms with Crippen molar-refractivity contribution >= 4 is 27.1 Å². The first-order chi connectivity index (χ1) is 21.0. The molecule has 0 radical (unpaired) electrons. The highest BCUT2D eigenvalue weighted by Gasteiger charge is 2.47. The zero-order valence-electron chi connectivity index (χ0n) is 24.5. The van der Waals surface area contributed by atoms with Crippen LogP contribution in [0.4, 0.5) is 15.8 Å². The van der Waals surface area contributed by atoms with Gasteiger partial charge in [0.25, 0.3) is 0 Å². The molecule has 9 heteroatoms. The lowest BCUT2D eigenvalue weighted by Gasteiger charge is -2.37. The number of halogens is 1. The molecule has 44 heavy (non-hydrogen) atoms. The van der Waals surface area contributed by atoms with Crippen molar-refractivity contribution in [2.45, 2.75) is 39.3 Å². The molecule has 0 aromatic heterocycles. The summed E-state index contributed by atoms with van der Waals surface area (Å²) in [5.74, 6) is -1.23. The van der Waals surface area contributed by atoms with Gasteiger partial charge in [-0.3, -0.25) is 9.69 Å². The largest absolute Gasteiger partial charge is 0.506 e. The van der Waals surface area contributed by atoms with Crippen molar-refractivity contribution in [3.05, 3.63) is 130 Å². The summed E-state index contributed by atoms with van der Waals surface area (Å²) in [7, 11) is -4.01. The van der Waals surface area contributed by atoms with Crippen molar-refractivity contribution < 1.29 is 27.4 Å². The van der Waals surface area contributed by atoms with E-state index in [1.807, 2.05) is 62.4 Å². The van der Waals surface area contributed by atoms with Crippen LogP contribution in [0.15, 0.2) is 108 Å². The summed E-state index contributed by atoms with van der Waals surface area (Å²) in [5, 5.41) is 14.1. The van der Waals surface area contributed by atoms with Crippen LogP contribution in [0.3, 0.4) is 0 Å². The highest BCUT2D eigenvalue weighted by Crippen LogP contribution is 2.51. The predicted molar refractivity (Wildman–Crippen MR) is 168 cm³/mol. The summed E-state index contributed by atoms with van der Waals surface area (Å²) < 4.78 is 50.4. The Kier molecular flexibility index (Phi) is 7.67. The minimum absolute atomic E-state index is 0.00671. The monoisotopic (exact) mass is 612 g/mol. The standard InChI is InChI=1S/C35H33FN2O5S/c1-35(2)20-28-34(44(41,42)22-35)33(26-17-16-25(19-27(26)36)43-21-24-12-7-4-8-13-24)38(29-14-9-15-30(39)32(29)37-28)31(40)18-23-10-5-3-6-11-23/h3-17,19,33,37,39H,18,20-22H2,1-2H3. The number of carbonyl (C=O) groups is 1. The van der Waals surface area contributed by atoms with E-state index in [0.29, 0.717) is 17.7 Å². The van der Waals surface area contributed by atoms with Gasteiger partial charge in [-0.2, -0.15) is 0 Å². The Morgan fingerprint density at radius 1 is 0.977 bits per heavy atom. The highest BCUT2D eigenvalue weighted by atomic mass is 32.2. The molecule has 2 aliphatic heterocycles. The van der Waals surface area contributed by atoms with Gasteiger partial charge in [0.15, 0.2) is 9.84 Å². The molecule has 2 aliphatic rings. The van der Waals surface area contributed by atoms with E-state index in [-0.39, 0.29) is 52.1 Å². The molecule has 0 bridgehead atoms. The van der Waals surface area contributed by atoms with Gasteiger partial charge >= 0.3 is 0 Å². The molecule has 2 heterocycles. The third-order valence-electron chi connectivity index (χ3n) is 7.91. The molecule has 0 saturated carbocycles. The van der Waals surface area contributed by atoms with Crippen molar-refractivity contribution in [2.75, 3.05) is 16.0 Å². The molecule has 0 fully saturated rings. The first kappa shape index (κ1) is 29.4. The number of hydrogen-bond donors (Lipinski definition) is 2. The molecule has 0 aliphatic carbocycles. The Labute approximate surface area is 256 Å². The van der Waals surface area contributed by atoms with Gasteiger partial charge < -0.3 is 15.2 Å². The first-order valence-corrected chi connectivity index (χ1v) is 16.0. The van der Waals surface area contributed by atoms with Crippen LogP contribution in [0, 0.1) is 11.2 Å². The van der Waals surface area contributed by atoms with E-state index < -0.39 is 33.0 Å². The van der Waals surface area contributed by atoms with Gasteiger partial charge in [-0.1, -0.05) is 80.6 Å². The van der Waals surface area contributed by atoms with Crippen molar-refractivity contribution in [3.63, 3.8) is 0 Å². The van der Waals surface area contributed by atoms with Gasteiger partial charge in [0.2, 0.25) is 5.91 Å². The van der Waals surface area contributed by atoms with Gasteiger partial charge in [-0.15, -0.1) is 0 Å². The molecule has 0 spiro atoms. The minimum atomic E-state index is -4.01. The average molecular weight is 613 g/mol. The third-order valence-corrected chi connectivity index (χ3v) is 10.2. The number of aromatic hydroxyl groups is 1. The number of hydrogen-bond acceptors (Lipinski definition) is 6. The van der Waals surface area contributed by atoms with Gasteiger partial charge in [0.1, 0.15) is 35.7 Å². The summed E-state index contributed by atoms with van der Waals surface area (Å²) >= 11 is 0. The predicted octanol–water partition coefficient (Wildman–Crippen LogP) is 6.91. The number of anilines is 2. The number of sulfone groups is 1.